The van der Waals surface area contributed by atoms with Gasteiger partial charge in [-0.3, -0.25) is 4.79 Å². The van der Waals surface area contributed by atoms with E-state index in [0.29, 0.717) is 11.1 Å². The molecule has 0 unspecified atom stereocenters. The van der Waals surface area contributed by atoms with Crippen LogP contribution in [-0.4, -0.2) is 11.8 Å². The zero-order chi connectivity index (χ0) is 14.9. The first-order valence-corrected chi connectivity index (χ1v) is 6.76. The first kappa shape index (κ1) is 15.0. The predicted octanol–water partition coefficient (Wildman–Crippen LogP) is 3.71. The fraction of sp³-hybridized carbons (Fsp3) is 0.533. The Morgan fingerprint density at radius 3 is 2.30 bits per heavy atom. The highest BCUT2D eigenvalue weighted by molar-refractivity contribution is 5.99. The van der Waals surface area contributed by atoms with Gasteiger partial charge in [0.1, 0.15) is 0 Å². The number of benzene rings is 1. The smallest absolute Gasteiger partial charge is 0.328 e. The second-order valence-corrected chi connectivity index (χ2v) is 5.50. The van der Waals surface area contributed by atoms with Gasteiger partial charge < -0.3 is 5.73 Å². The number of hydrogen-bond acceptors (Lipinski definition) is 2. The summed E-state index contributed by atoms with van der Waals surface area (Å²) < 4.78 is 37.8. The van der Waals surface area contributed by atoms with E-state index in [2.05, 4.69) is 0 Å². The number of Topliss-reactive ketones (excluding diaryl/α,β-unsaturated/α-hetero) is 1. The summed E-state index contributed by atoms with van der Waals surface area (Å²) in [5.41, 5.74) is 5.88. The summed E-state index contributed by atoms with van der Waals surface area (Å²) in [7, 11) is 0. The van der Waals surface area contributed by atoms with Gasteiger partial charge in [-0.2, -0.15) is 13.2 Å². The van der Waals surface area contributed by atoms with Gasteiger partial charge in [0.25, 0.3) is 0 Å². The van der Waals surface area contributed by atoms with E-state index in [-0.39, 0.29) is 17.7 Å². The normalized spacial score (nSPS) is 23.6. The zero-order valence-electron chi connectivity index (χ0n) is 11.3. The van der Waals surface area contributed by atoms with E-state index in [0.717, 1.165) is 37.8 Å². The van der Waals surface area contributed by atoms with E-state index < -0.39 is 11.7 Å². The highest BCUT2D eigenvalue weighted by atomic mass is 19.4. The lowest BCUT2D eigenvalue weighted by Crippen LogP contribution is -2.30. The molecular weight excluding hydrogens is 267 g/mol. The molecule has 1 saturated carbocycles. The molecule has 1 aliphatic rings. The molecule has 110 valence electrons. The second-order valence-electron chi connectivity index (χ2n) is 5.50. The fourth-order valence-electron chi connectivity index (χ4n) is 2.72. The van der Waals surface area contributed by atoms with Gasteiger partial charge >= 0.3 is 6.18 Å². The summed E-state index contributed by atoms with van der Waals surface area (Å²) in [6, 6.07) is 3.47. The number of carbonyl (C=O) groups excluding carboxylic acids is 1. The van der Waals surface area contributed by atoms with Gasteiger partial charge in [-0.15, -0.1) is 0 Å². The van der Waals surface area contributed by atoms with Crippen LogP contribution in [0.2, 0.25) is 0 Å². The number of rotatable bonds is 2. The van der Waals surface area contributed by atoms with Crippen LogP contribution < -0.4 is 5.73 Å². The maximum atomic E-state index is 12.6. The van der Waals surface area contributed by atoms with E-state index in [4.69, 9.17) is 5.73 Å². The van der Waals surface area contributed by atoms with Crippen molar-refractivity contribution in [3.8, 4) is 0 Å². The molecule has 0 radical (unpaired) electrons. The molecular formula is C15H18F3NO. The van der Waals surface area contributed by atoms with Crippen molar-refractivity contribution in [2.75, 3.05) is 0 Å². The summed E-state index contributed by atoms with van der Waals surface area (Å²) in [4.78, 5) is 12.4. The van der Waals surface area contributed by atoms with Crippen molar-refractivity contribution in [1.82, 2.24) is 0 Å². The van der Waals surface area contributed by atoms with Gasteiger partial charge in [0.15, 0.2) is 5.78 Å². The molecule has 0 saturated heterocycles. The third-order valence-corrected chi connectivity index (χ3v) is 3.96. The largest absolute Gasteiger partial charge is 0.416 e. The average Bonchev–Trinajstić information content (AvgIpc) is 2.37. The van der Waals surface area contributed by atoms with Gasteiger partial charge in [-0.25, -0.2) is 0 Å². The predicted molar refractivity (Wildman–Crippen MR) is 70.4 cm³/mol. The monoisotopic (exact) mass is 285 g/mol. The maximum absolute atomic E-state index is 12.6. The van der Waals surface area contributed by atoms with E-state index >= 15 is 0 Å². The summed E-state index contributed by atoms with van der Waals surface area (Å²) >= 11 is 0. The van der Waals surface area contributed by atoms with Crippen LogP contribution in [0.15, 0.2) is 18.2 Å². The molecule has 0 atom stereocenters. The molecule has 0 amide bonds. The van der Waals surface area contributed by atoms with E-state index in [1.807, 2.05) is 0 Å². The van der Waals surface area contributed by atoms with Crippen molar-refractivity contribution in [3.05, 3.63) is 34.9 Å². The van der Waals surface area contributed by atoms with E-state index in [9.17, 15) is 18.0 Å². The van der Waals surface area contributed by atoms with E-state index in [1.165, 1.54) is 6.07 Å². The highest BCUT2D eigenvalue weighted by Gasteiger charge is 2.32. The van der Waals surface area contributed by atoms with Crippen molar-refractivity contribution >= 4 is 5.78 Å². The first-order chi connectivity index (χ1) is 9.29. The van der Waals surface area contributed by atoms with Crippen molar-refractivity contribution in [2.24, 2.45) is 11.7 Å². The Morgan fingerprint density at radius 2 is 1.80 bits per heavy atom. The third-order valence-electron chi connectivity index (χ3n) is 3.96. The highest BCUT2D eigenvalue weighted by Crippen LogP contribution is 2.32. The minimum Gasteiger partial charge on any atom is -0.328 e. The number of ketones is 1. The van der Waals surface area contributed by atoms with Crippen LogP contribution in [0, 0.1) is 12.8 Å². The molecule has 1 aliphatic carbocycles. The molecule has 2 nitrogen and oxygen atoms in total. The SMILES string of the molecule is Cc1cc(C(F)(F)F)ccc1C(=O)C1CCC(N)CC1. The van der Waals surface area contributed by atoms with Crippen LogP contribution >= 0.6 is 0 Å². The van der Waals surface area contributed by atoms with Gasteiger partial charge in [0.05, 0.1) is 5.56 Å². The topological polar surface area (TPSA) is 43.1 Å². The summed E-state index contributed by atoms with van der Waals surface area (Å²) in [6.07, 6.45) is -1.32. The van der Waals surface area contributed by atoms with Crippen LogP contribution in [0.1, 0.15) is 47.2 Å². The lowest BCUT2D eigenvalue weighted by molar-refractivity contribution is -0.137. The molecule has 0 aliphatic heterocycles. The first-order valence-electron chi connectivity index (χ1n) is 6.76. The van der Waals surface area contributed by atoms with Crippen molar-refractivity contribution in [1.29, 1.82) is 0 Å². The lowest BCUT2D eigenvalue weighted by Gasteiger charge is -2.25. The molecule has 0 heterocycles. The number of aryl methyl sites for hydroxylation is 1. The molecule has 5 heteroatoms. The fourth-order valence-corrected chi connectivity index (χ4v) is 2.72. The van der Waals surface area contributed by atoms with Gasteiger partial charge in [-0.1, -0.05) is 6.07 Å². The Kier molecular flexibility index (Phi) is 4.18. The minimum absolute atomic E-state index is 0.0527. The molecule has 1 aromatic carbocycles. The molecule has 20 heavy (non-hydrogen) atoms. The maximum Gasteiger partial charge on any atom is 0.416 e. The molecule has 1 aromatic rings. The van der Waals surface area contributed by atoms with Gasteiger partial charge in [0, 0.05) is 17.5 Å². The van der Waals surface area contributed by atoms with Gasteiger partial charge in [0.2, 0.25) is 0 Å². The molecule has 1 fully saturated rings. The Balaban J connectivity index is 2.19. The Bertz CT molecular complexity index is 502. The number of halogens is 3. The van der Waals surface area contributed by atoms with Crippen molar-refractivity contribution in [2.45, 2.75) is 44.8 Å². The van der Waals surface area contributed by atoms with Crippen LogP contribution in [0.3, 0.4) is 0 Å². The Labute approximate surface area is 116 Å². The second kappa shape index (κ2) is 5.56. The standard InChI is InChI=1S/C15H18F3NO/c1-9-8-11(15(16,17)18)4-7-13(9)14(20)10-2-5-12(19)6-3-10/h4,7-8,10,12H,2-3,5-6,19H2,1H3. The van der Waals surface area contributed by atoms with Crippen LogP contribution in [0.5, 0.6) is 0 Å². The van der Waals surface area contributed by atoms with Crippen molar-refractivity contribution in [3.63, 3.8) is 0 Å². The summed E-state index contributed by atoms with van der Waals surface area (Å²) in [6.45, 7) is 1.55. The summed E-state index contributed by atoms with van der Waals surface area (Å²) in [5, 5.41) is 0. The Hall–Kier alpha value is -1.36. The Morgan fingerprint density at radius 1 is 1.20 bits per heavy atom. The minimum atomic E-state index is -4.37. The van der Waals surface area contributed by atoms with Gasteiger partial charge in [-0.05, 0) is 50.3 Å². The van der Waals surface area contributed by atoms with E-state index in [1.54, 1.807) is 6.92 Å². The number of alkyl halides is 3. The molecule has 2 N–H and O–H groups in total. The zero-order valence-corrected chi connectivity index (χ0v) is 11.3. The summed E-state index contributed by atoms with van der Waals surface area (Å²) in [5.74, 6) is -0.159. The lowest BCUT2D eigenvalue weighted by atomic mass is 9.81. The van der Waals surface area contributed by atoms with Crippen LogP contribution in [0.25, 0.3) is 0 Å². The van der Waals surface area contributed by atoms with Crippen LogP contribution in [0.4, 0.5) is 13.2 Å². The quantitative estimate of drug-likeness (QED) is 0.842. The molecule has 0 aromatic heterocycles. The number of carbonyl (C=O) groups is 1. The molecule has 0 spiro atoms. The van der Waals surface area contributed by atoms with Crippen molar-refractivity contribution < 1.29 is 18.0 Å². The average molecular weight is 285 g/mol. The molecule has 2 rings (SSSR count). The molecule has 0 bridgehead atoms. The number of hydrogen-bond donors (Lipinski definition) is 1. The number of nitrogens with two attached hydrogens (primary N) is 1. The van der Waals surface area contributed by atoms with Crippen LogP contribution in [-0.2, 0) is 6.18 Å². The third kappa shape index (κ3) is 3.20.